The molecule has 0 aliphatic heterocycles. The van der Waals surface area contributed by atoms with Crippen LogP contribution in [0.2, 0.25) is 0 Å². The molecule has 2 nitrogen and oxygen atoms in total. The smallest absolute Gasteiger partial charge is 0.321 e. The third-order valence-corrected chi connectivity index (χ3v) is 2.47. The molecule has 0 heterocycles. The van der Waals surface area contributed by atoms with Crippen molar-refractivity contribution in [3.63, 3.8) is 0 Å². The predicted molar refractivity (Wildman–Crippen MR) is 52.4 cm³/mol. The SMILES string of the molecule is CS(C)(C)C#CC1(C(=O)O)CC1. The van der Waals surface area contributed by atoms with E-state index in [4.69, 9.17) is 5.11 Å². The van der Waals surface area contributed by atoms with Gasteiger partial charge in [0.15, 0.2) is 0 Å². The molecular weight excluding hydrogens is 172 g/mol. The van der Waals surface area contributed by atoms with Crippen molar-refractivity contribution in [1.29, 1.82) is 0 Å². The van der Waals surface area contributed by atoms with Gasteiger partial charge in [-0.3, -0.25) is 4.79 Å². The molecule has 1 N–H and O–H groups in total. The first-order valence-electron chi connectivity index (χ1n) is 3.81. The van der Waals surface area contributed by atoms with E-state index < -0.39 is 21.4 Å². The zero-order valence-electron chi connectivity index (χ0n) is 7.68. The Morgan fingerprint density at radius 3 is 2.17 bits per heavy atom. The van der Waals surface area contributed by atoms with Gasteiger partial charge in [0.1, 0.15) is 5.41 Å². The lowest BCUT2D eigenvalue weighted by Gasteiger charge is -2.15. The van der Waals surface area contributed by atoms with Crippen molar-refractivity contribution in [2.75, 3.05) is 18.8 Å². The lowest BCUT2D eigenvalue weighted by Crippen LogP contribution is -2.12. The van der Waals surface area contributed by atoms with Crippen LogP contribution in [0.3, 0.4) is 0 Å². The van der Waals surface area contributed by atoms with Crippen LogP contribution < -0.4 is 0 Å². The molecule has 68 valence electrons. The Labute approximate surface area is 74.7 Å². The molecule has 12 heavy (non-hydrogen) atoms. The Hall–Kier alpha value is -0.620. The van der Waals surface area contributed by atoms with Crippen molar-refractivity contribution in [3.05, 3.63) is 0 Å². The predicted octanol–water partition coefficient (Wildman–Crippen LogP) is 1.51. The molecular formula is C9H14O2S. The van der Waals surface area contributed by atoms with Crippen LogP contribution in [0.4, 0.5) is 0 Å². The second kappa shape index (κ2) is 2.70. The summed E-state index contributed by atoms with van der Waals surface area (Å²) in [7, 11) is -0.875. The van der Waals surface area contributed by atoms with Crippen molar-refractivity contribution in [2.24, 2.45) is 5.41 Å². The molecule has 0 aromatic carbocycles. The van der Waals surface area contributed by atoms with Gasteiger partial charge >= 0.3 is 5.97 Å². The van der Waals surface area contributed by atoms with Crippen LogP contribution in [0, 0.1) is 16.6 Å². The molecule has 0 atom stereocenters. The van der Waals surface area contributed by atoms with Crippen molar-refractivity contribution in [3.8, 4) is 11.2 Å². The van der Waals surface area contributed by atoms with Crippen LogP contribution in [0.25, 0.3) is 0 Å². The summed E-state index contributed by atoms with van der Waals surface area (Å²) in [6.07, 6.45) is 7.66. The summed E-state index contributed by atoms with van der Waals surface area (Å²) >= 11 is 0. The largest absolute Gasteiger partial charge is 0.480 e. The standard InChI is InChI=1S/C9H14O2S/c1-12(2,3)7-6-9(4-5-9)8(10)11/h4-5H2,1-3H3,(H,10,11). The molecule has 1 rings (SSSR count). The quantitative estimate of drug-likeness (QED) is 0.630. The van der Waals surface area contributed by atoms with Gasteiger partial charge in [-0.05, 0) is 31.6 Å². The average Bonchev–Trinajstić information content (AvgIpc) is 2.61. The third-order valence-electron chi connectivity index (χ3n) is 1.76. The summed E-state index contributed by atoms with van der Waals surface area (Å²) in [5.74, 6) is 2.15. The fraction of sp³-hybridized carbons (Fsp3) is 0.667. The average molecular weight is 186 g/mol. The third kappa shape index (κ3) is 2.18. The molecule has 0 unspecified atom stereocenters. The fourth-order valence-electron chi connectivity index (χ4n) is 0.768. The van der Waals surface area contributed by atoms with E-state index in [0.717, 1.165) is 12.8 Å². The van der Waals surface area contributed by atoms with Gasteiger partial charge in [0.05, 0.1) is 0 Å². The van der Waals surface area contributed by atoms with Gasteiger partial charge < -0.3 is 5.11 Å². The minimum absolute atomic E-state index is 0.666. The second-order valence-corrected chi connectivity index (χ2v) is 7.83. The van der Waals surface area contributed by atoms with E-state index in [1.54, 1.807) is 0 Å². The molecule has 3 heteroatoms. The van der Waals surface area contributed by atoms with Gasteiger partial charge in [-0.2, -0.15) is 10.0 Å². The molecule has 0 bridgehead atoms. The van der Waals surface area contributed by atoms with Crippen molar-refractivity contribution in [2.45, 2.75) is 12.8 Å². The van der Waals surface area contributed by atoms with Gasteiger partial charge in [-0.25, -0.2) is 0 Å². The van der Waals surface area contributed by atoms with Gasteiger partial charge in [0.2, 0.25) is 0 Å². The molecule has 0 aromatic rings. The monoisotopic (exact) mass is 186 g/mol. The van der Waals surface area contributed by atoms with Crippen molar-refractivity contribution >= 4 is 16.0 Å². The highest BCUT2D eigenvalue weighted by molar-refractivity contribution is 8.35. The normalized spacial score (nSPS) is 20.6. The van der Waals surface area contributed by atoms with Crippen molar-refractivity contribution in [1.82, 2.24) is 0 Å². The zero-order chi connectivity index (χ0) is 9.41. The molecule has 0 aromatic heterocycles. The van der Waals surface area contributed by atoms with Crippen LogP contribution in [-0.4, -0.2) is 29.8 Å². The summed E-state index contributed by atoms with van der Waals surface area (Å²) in [6, 6.07) is 0. The highest BCUT2D eigenvalue weighted by Gasteiger charge is 2.49. The Balaban J connectivity index is 2.72. The number of carbonyl (C=O) groups is 1. The molecule has 0 amide bonds. The highest BCUT2D eigenvalue weighted by Crippen LogP contribution is 2.46. The lowest BCUT2D eigenvalue weighted by atomic mass is 10.1. The maximum atomic E-state index is 10.7. The minimum Gasteiger partial charge on any atom is -0.480 e. The van der Waals surface area contributed by atoms with Gasteiger partial charge in [-0.15, -0.1) is 0 Å². The molecule has 1 saturated carbocycles. The van der Waals surface area contributed by atoms with Crippen molar-refractivity contribution < 1.29 is 9.90 Å². The molecule has 1 fully saturated rings. The first-order valence-corrected chi connectivity index (χ1v) is 6.67. The van der Waals surface area contributed by atoms with E-state index in [9.17, 15) is 4.79 Å². The number of hydrogen-bond donors (Lipinski definition) is 1. The van der Waals surface area contributed by atoms with Gasteiger partial charge in [-0.1, -0.05) is 11.2 Å². The lowest BCUT2D eigenvalue weighted by molar-refractivity contribution is -0.140. The highest BCUT2D eigenvalue weighted by atomic mass is 32.3. The summed E-state index contributed by atoms with van der Waals surface area (Å²) in [4.78, 5) is 10.7. The molecule has 1 aliphatic carbocycles. The number of hydrogen-bond acceptors (Lipinski definition) is 1. The number of carboxylic acid groups (broad SMARTS) is 1. The Kier molecular flexibility index (Phi) is 2.13. The Morgan fingerprint density at radius 1 is 1.42 bits per heavy atom. The maximum Gasteiger partial charge on any atom is 0.321 e. The van der Waals surface area contributed by atoms with Crippen LogP contribution in [0.1, 0.15) is 12.8 Å². The summed E-state index contributed by atoms with van der Waals surface area (Å²) in [5.41, 5.74) is -0.666. The van der Waals surface area contributed by atoms with Crippen LogP contribution in [-0.2, 0) is 4.79 Å². The van der Waals surface area contributed by atoms with E-state index in [1.165, 1.54) is 0 Å². The van der Waals surface area contributed by atoms with Crippen LogP contribution >= 0.6 is 10.0 Å². The molecule has 0 spiro atoms. The number of carboxylic acids is 1. The fourth-order valence-corrected chi connectivity index (χ4v) is 1.27. The van der Waals surface area contributed by atoms with Crippen LogP contribution in [0.5, 0.6) is 0 Å². The van der Waals surface area contributed by atoms with E-state index in [1.807, 2.05) is 0 Å². The molecule has 0 radical (unpaired) electrons. The second-order valence-electron chi connectivity index (χ2n) is 3.95. The van der Waals surface area contributed by atoms with Crippen LogP contribution in [0.15, 0.2) is 0 Å². The summed E-state index contributed by atoms with van der Waals surface area (Å²) in [5, 5.41) is 11.9. The zero-order valence-corrected chi connectivity index (χ0v) is 8.49. The summed E-state index contributed by atoms with van der Waals surface area (Å²) < 4.78 is 0. The topological polar surface area (TPSA) is 37.3 Å². The first-order chi connectivity index (χ1) is 5.36. The molecule has 1 aliphatic rings. The van der Waals surface area contributed by atoms with E-state index in [2.05, 4.69) is 29.9 Å². The van der Waals surface area contributed by atoms with Gasteiger partial charge in [0.25, 0.3) is 0 Å². The Bertz CT molecular complexity index is 260. The minimum atomic E-state index is -0.875. The first kappa shape index (κ1) is 9.47. The van der Waals surface area contributed by atoms with E-state index >= 15 is 0 Å². The Morgan fingerprint density at radius 2 is 1.92 bits per heavy atom. The van der Waals surface area contributed by atoms with E-state index in [0.29, 0.717) is 0 Å². The maximum absolute atomic E-state index is 10.7. The number of aliphatic carboxylic acids is 1. The summed E-state index contributed by atoms with van der Waals surface area (Å²) in [6.45, 7) is 0. The van der Waals surface area contributed by atoms with E-state index in [-0.39, 0.29) is 0 Å². The van der Waals surface area contributed by atoms with Gasteiger partial charge in [0, 0.05) is 0 Å². The number of rotatable bonds is 1. The molecule has 0 saturated heterocycles.